The van der Waals surface area contributed by atoms with Gasteiger partial charge in [0.15, 0.2) is 5.78 Å². The molecule has 1 N–H and O–H groups in total. The molecule has 0 atom stereocenters. The average Bonchev–Trinajstić information content (AvgIpc) is 2.60. The summed E-state index contributed by atoms with van der Waals surface area (Å²) in [5, 5.41) is 9.15. The molecule has 1 radical (unpaired) electrons. The van der Waals surface area contributed by atoms with Gasteiger partial charge in [0.2, 0.25) is 0 Å². The number of nitrogens with zero attached hydrogens (tertiary/aromatic N) is 1. The van der Waals surface area contributed by atoms with E-state index in [-0.39, 0.29) is 37.5 Å². The third-order valence-corrected chi connectivity index (χ3v) is 3.35. The van der Waals surface area contributed by atoms with Gasteiger partial charge in [-0.3, -0.25) is 9.78 Å². The van der Waals surface area contributed by atoms with E-state index in [0.29, 0.717) is 0 Å². The van der Waals surface area contributed by atoms with E-state index in [9.17, 15) is 9.18 Å². The van der Waals surface area contributed by atoms with Crippen LogP contribution in [-0.2, 0) is 24.9 Å². The minimum atomic E-state index is -0.255. The molecule has 4 nitrogen and oxygen atoms in total. The molecule has 0 spiro atoms. The molecule has 3 rings (SSSR count). The summed E-state index contributed by atoms with van der Waals surface area (Å²) in [5.74, 6) is 0.442. The number of ketones is 1. The Morgan fingerprint density at radius 2 is 1.93 bits per heavy atom. The summed E-state index contributed by atoms with van der Waals surface area (Å²) in [5.41, 5.74) is 2.40. The van der Waals surface area contributed by atoms with Gasteiger partial charge in [-0.05, 0) is 37.7 Å². The zero-order chi connectivity index (χ0) is 19.1. The summed E-state index contributed by atoms with van der Waals surface area (Å²) in [6.45, 7) is 2.85. The molecule has 0 unspecified atom stereocenters. The van der Waals surface area contributed by atoms with E-state index in [4.69, 9.17) is 9.84 Å². The van der Waals surface area contributed by atoms with Crippen LogP contribution in [0.3, 0.4) is 0 Å². The number of rotatable bonds is 3. The van der Waals surface area contributed by atoms with Gasteiger partial charge in [0.1, 0.15) is 5.82 Å². The van der Waals surface area contributed by atoms with Gasteiger partial charge in [-0.1, -0.05) is 12.1 Å². The molecule has 1 heterocycles. The Morgan fingerprint density at radius 1 is 1.19 bits per heavy atom. The van der Waals surface area contributed by atoms with Crippen LogP contribution in [0, 0.1) is 11.9 Å². The number of aliphatic hydroxyl groups excluding tert-OH is 1. The number of allylic oxidation sites excluding steroid dienone is 2. The van der Waals surface area contributed by atoms with Crippen LogP contribution in [0.15, 0.2) is 60.4 Å². The fourth-order valence-corrected chi connectivity index (χ4v) is 2.26. The van der Waals surface area contributed by atoms with Crippen LogP contribution in [-0.4, -0.2) is 23.0 Å². The van der Waals surface area contributed by atoms with Crippen molar-refractivity contribution in [3.05, 3.63) is 72.2 Å². The van der Waals surface area contributed by atoms with Crippen LogP contribution < -0.4 is 4.74 Å². The summed E-state index contributed by atoms with van der Waals surface area (Å²) < 4.78 is 18.3. The first-order chi connectivity index (χ1) is 12.4. The second-order valence-electron chi connectivity index (χ2n) is 5.57. The molecular formula is C21H19FIrNO3-. The summed E-state index contributed by atoms with van der Waals surface area (Å²) in [4.78, 5) is 14.5. The number of carbonyl (C=O) groups excluding carboxylic acids is 1. The van der Waals surface area contributed by atoms with Crippen molar-refractivity contribution >= 4 is 16.7 Å². The van der Waals surface area contributed by atoms with Crippen molar-refractivity contribution in [2.24, 2.45) is 0 Å². The van der Waals surface area contributed by atoms with E-state index >= 15 is 0 Å². The number of hydrogen-bond acceptors (Lipinski definition) is 4. The normalized spacial score (nSPS) is 10.4. The van der Waals surface area contributed by atoms with Crippen molar-refractivity contribution in [1.29, 1.82) is 0 Å². The quantitative estimate of drug-likeness (QED) is 0.290. The zero-order valence-corrected chi connectivity index (χ0v) is 17.5. The first-order valence-electron chi connectivity index (χ1n) is 7.89. The summed E-state index contributed by atoms with van der Waals surface area (Å²) in [6.07, 6.45) is 1.17. The van der Waals surface area contributed by atoms with Crippen molar-refractivity contribution in [2.45, 2.75) is 13.8 Å². The summed E-state index contributed by atoms with van der Waals surface area (Å²) in [7, 11) is 1.62. The van der Waals surface area contributed by atoms with Crippen molar-refractivity contribution in [1.82, 2.24) is 4.98 Å². The molecule has 0 amide bonds. The SMILES string of the molecule is CC(=O)/C=C(/C)O.COc1cc[c-]c(-c2ccc3cc(F)ccc3n2)c1.[Ir]. The number of halogens is 1. The van der Waals surface area contributed by atoms with E-state index < -0.39 is 0 Å². The Balaban J connectivity index is 0.000000395. The fourth-order valence-electron chi connectivity index (χ4n) is 2.26. The molecule has 0 bridgehead atoms. The van der Waals surface area contributed by atoms with E-state index in [0.717, 1.165) is 27.9 Å². The minimum Gasteiger partial charge on any atom is -0.516 e. The number of benzene rings is 2. The number of pyridine rings is 1. The molecule has 0 aliphatic rings. The van der Waals surface area contributed by atoms with Crippen molar-refractivity contribution in [2.75, 3.05) is 7.11 Å². The second kappa shape index (κ2) is 10.6. The van der Waals surface area contributed by atoms with Gasteiger partial charge < -0.3 is 9.84 Å². The summed E-state index contributed by atoms with van der Waals surface area (Å²) in [6, 6.07) is 16.9. The Morgan fingerprint density at radius 3 is 2.52 bits per heavy atom. The number of aliphatic hydroxyl groups is 1. The molecule has 6 heteroatoms. The second-order valence-corrected chi connectivity index (χ2v) is 5.57. The van der Waals surface area contributed by atoms with Crippen LogP contribution >= 0.6 is 0 Å². The molecular weight excluding hydrogens is 525 g/mol. The maximum Gasteiger partial charge on any atom is 0.155 e. The van der Waals surface area contributed by atoms with E-state index in [1.807, 2.05) is 24.3 Å². The zero-order valence-electron chi connectivity index (χ0n) is 15.1. The first kappa shape index (κ1) is 22.5. The molecule has 0 fully saturated rings. The fraction of sp³-hybridized carbons (Fsp3) is 0.143. The van der Waals surface area contributed by atoms with Crippen molar-refractivity contribution < 1.29 is 39.1 Å². The van der Waals surface area contributed by atoms with Crippen LogP contribution in [0.2, 0.25) is 0 Å². The molecule has 3 aromatic rings. The van der Waals surface area contributed by atoms with E-state index in [1.54, 1.807) is 19.2 Å². The molecule has 143 valence electrons. The molecule has 2 aromatic carbocycles. The topological polar surface area (TPSA) is 59.4 Å². The Kier molecular flexibility index (Phi) is 8.79. The molecule has 0 aliphatic carbocycles. The van der Waals surface area contributed by atoms with E-state index in [1.165, 1.54) is 32.1 Å². The maximum absolute atomic E-state index is 13.1. The maximum atomic E-state index is 13.1. The predicted molar refractivity (Wildman–Crippen MR) is 99.6 cm³/mol. The number of carbonyl (C=O) groups is 1. The van der Waals surface area contributed by atoms with Gasteiger partial charge in [0.05, 0.1) is 18.4 Å². The average molecular weight is 545 g/mol. The molecule has 27 heavy (non-hydrogen) atoms. The monoisotopic (exact) mass is 545 g/mol. The van der Waals surface area contributed by atoms with Gasteiger partial charge in [0.25, 0.3) is 0 Å². The van der Waals surface area contributed by atoms with Gasteiger partial charge in [-0.25, -0.2) is 4.39 Å². The number of methoxy groups -OCH3 is 1. The van der Waals surface area contributed by atoms with Crippen LogP contribution in [0.4, 0.5) is 4.39 Å². The van der Waals surface area contributed by atoms with Crippen LogP contribution in [0.5, 0.6) is 5.75 Å². The standard InChI is InChI=1S/C16H11FNO.C5H8O2.Ir/c1-19-14-4-2-3-11(10-14)15-7-5-12-9-13(17)6-8-16(12)18-15;1-4(6)3-5(2)7;/h2,4-10H,1H3;3,6H,1-2H3;/q-1;;/b;4-3-;. The Hall–Kier alpha value is -2.56. The van der Waals surface area contributed by atoms with Gasteiger partial charge in [-0.2, -0.15) is 0 Å². The number of aromatic nitrogens is 1. The first-order valence-corrected chi connectivity index (χ1v) is 7.89. The number of hydrogen-bond donors (Lipinski definition) is 1. The van der Waals surface area contributed by atoms with Gasteiger partial charge >= 0.3 is 0 Å². The predicted octanol–water partition coefficient (Wildman–Crippen LogP) is 4.88. The Bertz CT molecular complexity index is 953. The minimum absolute atomic E-state index is 0. The van der Waals surface area contributed by atoms with Crippen molar-refractivity contribution in [3.63, 3.8) is 0 Å². The van der Waals surface area contributed by atoms with Gasteiger partial charge in [-0.15, -0.1) is 29.8 Å². The summed E-state index contributed by atoms with van der Waals surface area (Å²) >= 11 is 0. The number of ether oxygens (including phenoxy) is 1. The Labute approximate surface area is 171 Å². The molecule has 0 saturated carbocycles. The largest absolute Gasteiger partial charge is 0.516 e. The van der Waals surface area contributed by atoms with Gasteiger partial charge in [0, 0.05) is 37.3 Å². The number of fused-ring (bicyclic) bond motifs is 1. The smallest absolute Gasteiger partial charge is 0.155 e. The third-order valence-electron chi connectivity index (χ3n) is 3.35. The molecule has 0 aliphatic heterocycles. The van der Waals surface area contributed by atoms with Crippen LogP contribution in [0.25, 0.3) is 22.2 Å². The third kappa shape index (κ3) is 6.93. The van der Waals surface area contributed by atoms with Crippen LogP contribution in [0.1, 0.15) is 13.8 Å². The van der Waals surface area contributed by atoms with Crippen molar-refractivity contribution in [3.8, 4) is 17.0 Å². The van der Waals surface area contributed by atoms with E-state index in [2.05, 4.69) is 11.1 Å². The molecule has 1 aromatic heterocycles. The molecule has 0 saturated heterocycles.